The first-order valence-electron chi connectivity index (χ1n) is 7.78. The Kier molecular flexibility index (Phi) is 3.90. The molecular formula is C16H23N5. The lowest BCUT2D eigenvalue weighted by atomic mass is 10.0. The van der Waals surface area contributed by atoms with Gasteiger partial charge in [0, 0.05) is 30.8 Å². The van der Waals surface area contributed by atoms with E-state index in [2.05, 4.69) is 39.8 Å². The Hall–Kier alpha value is -1.91. The van der Waals surface area contributed by atoms with Crippen LogP contribution in [0.25, 0.3) is 11.5 Å². The van der Waals surface area contributed by atoms with Crippen LogP contribution >= 0.6 is 0 Å². The van der Waals surface area contributed by atoms with Crippen LogP contribution in [0.2, 0.25) is 0 Å². The van der Waals surface area contributed by atoms with E-state index in [1.807, 2.05) is 19.6 Å². The van der Waals surface area contributed by atoms with Crippen molar-refractivity contribution in [1.29, 1.82) is 0 Å². The van der Waals surface area contributed by atoms with Crippen LogP contribution in [0.4, 0.5) is 5.82 Å². The normalized spacial score (nSPS) is 15.8. The van der Waals surface area contributed by atoms with E-state index in [4.69, 9.17) is 4.98 Å². The highest BCUT2D eigenvalue weighted by Gasteiger charge is 2.21. The van der Waals surface area contributed by atoms with E-state index in [1.54, 1.807) is 0 Å². The van der Waals surface area contributed by atoms with Crippen LogP contribution in [0.5, 0.6) is 0 Å². The van der Waals surface area contributed by atoms with Gasteiger partial charge in [-0.3, -0.25) is 0 Å². The zero-order valence-electron chi connectivity index (χ0n) is 13.0. The van der Waals surface area contributed by atoms with E-state index in [0.717, 1.165) is 17.3 Å². The van der Waals surface area contributed by atoms with Gasteiger partial charge in [0.05, 0.1) is 12.5 Å². The van der Waals surface area contributed by atoms with Gasteiger partial charge >= 0.3 is 0 Å². The summed E-state index contributed by atoms with van der Waals surface area (Å²) < 4.78 is 2.12. The molecule has 1 N–H and O–H groups in total. The van der Waals surface area contributed by atoms with Crippen LogP contribution in [0.1, 0.15) is 57.2 Å². The maximum atomic E-state index is 4.84. The SMILES string of the molecule is CNc1cc(C2CCCC2)nc(-c2cncn2C(C)C)n1. The molecule has 1 aliphatic rings. The number of nitrogens with one attached hydrogen (secondary N) is 1. The molecule has 1 aliphatic carbocycles. The first-order valence-corrected chi connectivity index (χ1v) is 7.78. The summed E-state index contributed by atoms with van der Waals surface area (Å²) in [5.41, 5.74) is 2.15. The summed E-state index contributed by atoms with van der Waals surface area (Å²) in [7, 11) is 1.91. The highest BCUT2D eigenvalue weighted by Crippen LogP contribution is 2.34. The van der Waals surface area contributed by atoms with E-state index in [1.165, 1.54) is 31.4 Å². The molecule has 0 spiro atoms. The fourth-order valence-electron chi connectivity index (χ4n) is 3.03. The molecule has 0 bridgehead atoms. The zero-order valence-corrected chi connectivity index (χ0v) is 13.0. The molecule has 0 aliphatic heterocycles. The summed E-state index contributed by atoms with van der Waals surface area (Å²) in [5, 5.41) is 3.16. The van der Waals surface area contributed by atoms with Gasteiger partial charge in [0.2, 0.25) is 0 Å². The summed E-state index contributed by atoms with van der Waals surface area (Å²) in [6.07, 6.45) is 8.80. The summed E-state index contributed by atoms with van der Waals surface area (Å²) in [6.45, 7) is 4.29. The van der Waals surface area contributed by atoms with Crippen LogP contribution in [-0.2, 0) is 0 Å². The largest absolute Gasteiger partial charge is 0.373 e. The van der Waals surface area contributed by atoms with Crippen molar-refractivity contribution >= 4 is 5.82 Å². The average Bonchev–Trinajstić information content (AvgIpc) is 3.17. The molecule has 2 heterocycles. The van der Waals surface area contributed by atoms with Gasteiger partial charge in [-0.05, 0) is 26.7 Å². The molecule has 0 atom stereocenters. The highest BCUT2D eigenvalue weighted by atomic mass is 15.1. The second kappa shape index (κ2) is 5.84. The van der Waals surface area contributed by atoms with Crippen LogP contribution in [0.15, 0.2) is 18.6 Å². The van der Waals surface area contributed by atoms with Gasteiger partial charge in [-0.15, -0.1) is 0 Å². The Balaban J connectivity index is 2.04. The van der Waals surface area contributed by atoms with Crippen LogP contribution in [0.3, 0.4) is 0 Å². The molecule has 5 nitrogen and oxygen atoms in total. The lowest BCUT2D eigenvalue weighted by Gasteiger charge is -2.14. The molecule has 0 saturated heterocycles. The molecule has 2 aromatic rings. The lowest BCUT2D eigenvalue weighted by molar-refractivity contribution is 0.602. The molecule has 0 unspecified atom stereocenters. The Morgan fingerprint density at radius 2 is 2.00 bits per heavy atom. The first-order chi connectivity index (χ1) is 10.2. The Bertz CT molecular complexity index is 611. The molecule has 21 heavy (non-hydrogen) atoms. The third-order valence-corrected chi connectivity index (χ3v) is 4.23. The number of rotatable bonds is 4. The fourth-order valence-corrected chi connectivity index (χ4v) is 3.03. The summed E-state index contributed by atoms with van der Waals surface area (Å²) in [5.74, 6) is 2.24. The number of hydrogen-bond acceptors (Lipinski definition) is 4. The summed E-state index contributed by atoms with van der Waals surface area (Å²) >= 11 is 0. The number of hydrogen-bond donors (Lipinski definition) is 1. The quantitative estimate of drug-likeness (QED) is 0.932. The first kappa shape index (κ1) is 14.0. The van der Waals surface area contributed by atoms with Gasteiger partial charge in [0.25, 0.3) is 0 Å². The van der Waals surface area contributed by atoms with Gasteiger partial charge in [0.15, 0.2) is 5.82 Å². The van der Waals surface area contributed by atoms with Gasteiger partial charge in [-0.1, -0.05) is 12.8 Å². The Morgan fingerprint density at radius 1 is 1.24 bits per heavy atom. The standard InChI is InChI=1S/C16H23N5/c1-11(2)21-10-18-9-14(21)16-19-13(8-15(17-3)20-16)12-6-4-5-7-12/h8-12H,4-7H2,1-3H3,(H,17,19,20). The van der Waals surface area contributed by atoms with Crippen LogP contribution in [0, 0.1) is 0 Å². The molecular weight excluding hydrogens is 262 g/mol. The van der Waals surface area contributed by atoms with Crippen molar-refractivity contribution in [2.75, 3.05) is 12.4 Å². The van der Waals surface area contributed by atoms with Gasteiger partial charge in [-0.2, -0.15) is 0 Å². The van der Waals surface area contributed by atoms with Crippen molar-refractivity contribution in [2.45, 2.75) is 51.5 Å². The maximum Gasteiger partial charge on any atom is 0.180 e. The number of imidazole rings is 1. The smallest absolute Gasteiger partial charge is 0.180 e. The fraction of sp³-hybridized carbons (Fsp3) is 0.562. The van der Waals surface area contributed by atoms with Crippen LogP contribution < -0.4 is 5.32 Å². The zero-order chi connectivity index (χ0) is 14.8. The van der Waals surface area contributed by atoms with Gasteiger partial charge < -0.3 is 9.88 Å². The van der Waals surface area contributed by atoms with Crippen molar-refractivity contribution in [3.63, 3.8) is 0 Å². The Labute approximate surface area is 125 Å². The van der Waals surface area contributed by atoms with Crippen molar-refractivity contribution < 1.29 is 0 Å². The molecule has 0 aromatic carbocycles. The van der Waals surface area contributed by atoms with E-state index < -0.39 is 0 Å². The van der Waals surface area contributed by atoms with Crippen LogP contribution in [-0.4, -0.2) is 26.6 Å². The third kappa shape index (κ3) is 2.77. The second-order valence-corrected chi connectivity index (χ2v) is 6.01. The molecule has 1 fully saturated rings. The number of aromatic nitrogens is 4. The third-order valence-electron chi connectivity index (χ3n) is 4.23. The van der Waals surface area contributed by atoms with E-state index >= 15 is 0 Å². The van der Waals surface area contributed by atoms with Crippen molar-refractivity contribution in [3.05, 3.63) is 24.3 Å². The molecule has 2 aromatic heterocycles. The average molecular weight is 285 g/mol. The predicted molar refractivity (Wildman–Crippen MR) is 84.4 cm³/mol. The minimum Gasteiger partial charge on any atom is -0.373 e. The second-order valence-electron chi connectivity index (χ2n) is 6.01. The lowest BCUT2D eigenvalue weighted by Crippen LogP contribution is -2.07. The summed E-state index contributed by atoms with van der Waals surface area (Å²) in [6, 6.07) is 2.44. The highest BCUT2D eigenvalue weighted by molar-refractivity contribution is 5.53. The summed E-state index contributed by atoms with van der Waals surface area (Å²) in [4.78, 5) is 13.7. The van der Waals surface area contributed by atoms with Crippen molar-refractivity contribution in [3.8, 4) is 11.5 Å². The molecule has 3 rings (SSSR count). The van der Waals surface area contributed by atoms with Gasteiger partial charge in [0.1, 0.15) is 11.5 Å². The number of anilines is 1. The predicted octanol–water partition coefficient (Wildman–Crippen LogP) is 3.62. The molecule has 0 radical (unpaired) electrons. The minimum absolute atomic E-state index is 0.347. The molecule has 112 valence electrons. The molecule has 0 amide bonds. The van der Waals surface area contributed by atoms with Crippen molar-refractivity contribution in [2.24, 2.45) is 0 Å². The molecule has 5 heteroatoms. The molecule has 1 saturated carbocycles. The monoisotopic (exact) mass is 285 g/mol. The van der Waals surface area contributed by atoms with E-state index in [-0.39, 0.29) is 0 Å². The Morgan fingerprint density at radius 3 is 2.67 bits per heavy atom. The minimum atomic E-state index is 0.347. The van der Waals surface area contributed by atoms with E-state index in [0.29, 0.717) is 12.0 Å². The van der Waals surface area contributed by atoms with Gasteiger partial charge in [-0.25, -0.2) is 15.0 Å². The van der Waals surface area contributed by atoms with E-state index in [9.17, 15) is 0 Å². The topological polar surface area (TPSA) is 55.6 Å². The van der Waals surface area contributed by atoms with Crippen molar-refractivity contribution in [1.82, 2.24) is 19.5 Å². The number of nitrogens with zero attached hydrogens (tertiary/aromatic N) is 4. The maximum absolute atomic E-state index is 4.84.